The maximum atomic E-state index is 11.4. The van der Waals surface area contributed by atoms with Crippen LogP contribution in [-0.4, -0.2) is 67.3 Å². The van der Waals surface area contributed by atoms with Gasteiger partial charge in [0.15, 0.2) is 0 Å². The number of aliphatic hydroxyl groups is 3. The third-order valence-corrected chi connectivity index (χ3v) is 4.65. The zero-order chi connectivity index (χ0) is 15.8. The Bertz CT molecular complexity index is 439. The molecule has 0 saturated carbocycles. The Balaban J connectivity index is 2.96. The molecule has 12 nitrogen and oxygen atoms in total. The van der Waals surface area contributed by atoms with Gasteiger partial charge in [0.1, 0.15) is 18.8 Å². The molecule has 14 heteroatoms. The Labute approximate surface area is 112 Å². The van der Waals surface area contributed by atoms with Crippen LogP contribution < -0.4 is 5.73 Å². The van der Waals surface area contributed by atoms with E-state index in [0.717, 1.165) is 0 Å². The van der Waals surface area contributed by atoms with E-state index in [-0.39, 0.29) is 0 Å². The maximum Gasteiger partial charge on any atom is 0.483 e. The van der Waals surface area contributed by atoms with Gasteiger partial charge < -0.3 is 40.5 Å². The van der Waals surface area contributed by atoms with Gasteiger partial charge in [-0.2, -0.15) is 4.31 Å². The molecule has 0 aliphatic carbocycles. The second kappa shape index (κ2) is 6.05. The monoisotopic (exact) mass is 339 g/mol. The smallest absolute Gasteiger partial charge is 0.391 e. The van der Waals surface area contributed by atoms with Crippen LogP contribution in [-0.2, 0) is 22.7 Å². The molecule has 1 rings (SSSR count). The summed E-state index contributed by atoms with van der Waals surface area (Å²) < 4.78 is 34.5. The van der Waals surface area contributed by atoms with Crippen molar-refractivity contribution in [2.45, 2.75) is 24.0 Å². The van der Waals surface area contributed by atoms with Crippen molar-refractivity contribution >= 4 is 15.6 Å². The van der Waals surface area contributed by atoms with E-state index in [1.165, 1.54) is 0 Å². The van der Waals surface area contributed by atoms with Crippen molar-refractivity contribution in [3.63, 3.8) is 0 Å². The summed E-state index contributed by atoms with van der Waals surface area (Å²) in [5, 5.41) is 28.4. The standard InChI is InChI=1S/C6H15NO11P2/c7-3-1-16-6(2-8,5(10)4(3)9)17-20(14,15)18-19(11,12)13/h3-5,8-10H,1-2,7H2,(H,14,15)(H2,11,12,13)/t3-,4-,5+,6-/m1/s1. The lowest BCUT2D eigenvalue weighted by Gasteiger charge is -2.43. The highest BCUT2D eigenvalue weighted by molar-refractivity contribution is 7.60. The number of aliphatic hydroxyl groups excluding tert-OH is 3. The first-order valence-electron chi connectivity index (χ1n) is 5.09. The zero-order valence-electron chi connectivity index (χ0n) is 9.84. The summed E-state index contributed by atoms with van der Waals surface area (Å²) in [6.07, 6.45) is -3.73. The molecule has 1 aliphatic heterocycles. The minimum absolute atomic E-state index is 0.464. The second-order valence-electron chi connectivity index (χ2n) is 4.01. The minimum Gasteiger partial charge on any atom is -0.391 e. The summed E-state index contributed by atoms with van der Waals surface area (Å²) in [5.74, 6) is -2.62. The first kappa shape index (κ1) is 18.1. The van der Waals surface area contributed by atoms with Crippen LogP contribution in [0, 0.1) is 0 Å². The van der Waals surface area contributed by atoms with Gasteiger partial charge in [0.25, 0.3) is 0 Å². The van der Waals surface area contributed by atoms with E-state index in [2.05, 4.69) is 8.83 Å². The molecule has 1 heterocycles. The molecule has 1 fully saturated rings. The second-order valence-corrected chi connectivity index (χ2v) is 6.77. The molecule has 0 spiro atoms. The van der Waals surface area contributed by atoms with Crippen LogP contribution in [0.1, 0.15) is 0 Å². The molecule has 0 amide bonds. The van der Waals surface area contributed by atoms with Crippen molar-refractivity contribution < 1.29 is 52.7 Å². The van der Waals surface area contributed by atoms with Gasteiger partial charge in [0.2, 0.25) is 5.79 Å². The molecule has 0 aromatic carbocycles. The van der Waals surface area contributed by atoms with Crippen LogP contribution >= 0.6 is 15.6 Å². The van der Waals surface area contributed by atoms with E-state index < -0.39 is 52.9 Å². The van der Waals surface area contributed by atoms with E-state index in [0.29, 0.717) is 0 Å². The number of phosphoric ester groups is 1. The lowest BCUT2D eigenvalue weighted by molar-refractivity contribution is -0.305. The molecule has 1 saturated heterocycles. The van der Waals surface area contributed by atoms with Crippen molar-refractivity contribution in [3.8, 4) is 0 Å². The number of rotatable bonds is 5. The molecule has 120 valence electrons. The third kappa shape index (κ3) is 4.28. The molecular formula is C6H15NO11P2. The van der Waals surface area contributed by atoms with Crippen LogP contribution in [0.15, 0.2) is 0 Å². The van der Waals surface area contributed by atoms with Gasteiger partial charge in [0, 0.05) is 0 Å². The fourth-order valence-corrected chi connectivity index (χ4v) is 3.33. The van der Waals surface area contributed by atoms with Gasteiger partial charge in [-0.3, -0.25) is 0 Å². The average molecular weight is 339 g/mol. The Kier molecular flexibility index (Phi) is 5.48. The van der Waals surface area contributed by atoms with Gasteiger partial charge in [-0.25, -0.2) is 13.7 Å². The van der Waals surface area contributed by atoms with Crippen LogP contribution in [0.25, 0.3) is 0 Å². The number of nitrogens with two attached hydrogens (primary N) is 1. The van der Waals surface area contributed by atoms with Crippen LogP contribution in [0.3, 0.4) is 0 Å². The summed E-state index contributed by atoms with van der Waals surface area (Å²) in [7, 11) is -10.8. The molecule has 8 N–H and O–H groups in total. The summed E-state index contributed by atoms with van der Waals surface area (Å²) in [6.45, 7) is -1.68. The molecule has 0 bridgehead atoms. The topological polar surface area (TPSA) is 209 Å². The maximum absolute atomic E-state index is 11.4. The molecule has 0 aromatic heterocycles. The minimum atomic E-state index is -5.41. The Hall–Kier alpha value is 0.0600. The molecule has 20 heavy (non-hydrogen) atoms. The lowest BCUT2D eigenvalue weighted by Crippen LogP contribution is -2.65. The predicted molar refractivity (Wildman–Crippen MR) is 59.8 cm³/mol. The zero-order valence-corrected chi connectivity index (χ0v) is 11.6. The van der Waals surface area contributed by atoms with Crippen molar-refractivity contribution in [1.82, 2.24) is 0 Å². The van der Waals surface area contributed by atoms with Gasteiger partial charge >= 0.3 is 15.6 Å². The first-order chi connectivity index (χ1) is 8.92. The van der Waals surface area contributed by atoms with E-state index in [4.69, 9.17) is 25.4 Å². The number of hydrogen-bond acceptors (Lipinski definition) is 9. The number of phosphoric acid groups is 2. The summed E-state index contributed by atoms with van der Waals surface area (Å²) in [4.78, 5) is 26.1. The van der Waals surface area contributed by atoms with Crippen LogP contribution in [0.4, 0.5) is 0 Å². The van der Waals surface area contributed by atoms with Crippen molar-refractivity contribution in [2.75, 3.05) is 13.2 Å². The molecular weight excluding hydrogens is 324 g/mol. The number of hydrogen-bond donors (Lipinski definition) is 7. The van der Waals surface area contributed by atoms with Gasteiger partial charge in [0.05, 0.1) is 12.6 Å². The molecule has 0 aromatic rings. The lowest BCUT2D eigenvalue weighted by atomic mass is 9.96. The predicted octanol–water partition coefficient (Wildman–Crippen LogP) is -3.02. The van der Waals surface area contributed by atoms with Crippen LogP contribution in [0.2, 0.25) is 0 Å². The van der Waals surface area contributed by atoms with Gasteiger partial charge in [-0.1, -0.05) is 0 Å². The normalized spacial score (nSPS) is 38.5. The summed E-state index contributed by atoms with van der Waals surface area (Å²) in [5.41, 5.74) is 5.35. The van der Waals surface area contributed by atoms with E-state index in [1.54, 1.807) is 0 Å². The molecule has 1 aliphatic rings. The van der Waals surface area contributed by atoms with Gasteiger partial charge in [-0.05, 0) is 0 Å². The highest BCUT2D eigenvalue weighted by Gasteiger charge is 2.54. The van der Waals surface area contributed by atoms with E-state index in [9.17, 15) is 24.2 Å². The Morgan fingerprint density at radius 1 is 1.30 bits per heavy atom. The Morgan fingerprint density at radius 2 is 1.85 bits per heavy atom. The van der Waals surface area contributed by atoms with E-state index >= 15 is 0 Å². The van der Waals surface area contributed by atoms with Crippen molar-refractivity contribution in [2.24, 2.45) is 5.73 Å². The number of ether oxygens (including phenoxy) is 1. The van der Waals surface area contributed by atoms with Crippen LogP contribution in [0.5, 0.6) is 0 Å². The highest BCUT2D eigenvalue weighted by atomic mass is 31.3. The average Bonchev–Trinajstić information content (AvgIpc) is 2.27. The fraction of sp³-hybridized carbons (Fsp3) is 1.00. The van der Waals surface area contributed by atoms with E-state index in [1.807, 2.05) is 0 Å². The fourth-order valence-electron chi connectivity index (χ4n) is 1.51. The SMILES string of the molecule is N[C@@H]1CO[C@](CO)(OP(=O)(O)OP(=O)(O)O)[C@@H](O)[C@@H]1O. The largest absolute Gasteiger partial charge is 0.483 e. The van der Waals surface area contributed by atoms with Crippen molar-refractivity contribution in [1.29, 1.82) is 0 Å². The van der Waals surface area contributed by atoms with Crippen molar-refractivity contribution in [3.05, 3.63) is 0 Å². The molecule has 5 atom stereocenters. The third-order valence-electron chi connectivity index (χ3n) is 2.43. The summed E-state index contributed by atoms with van der Waals surface area (Å²) in [6, 6.07) is -1.06. The first-order valence-corrected chi connectivity index (χ1v) is 8.12. The molecule has 1 unspecified atom stereocenters. The summed E-state index contributed by atoms with van der Waals surface area (Å²) >= 11 is 0. The quantitative estimate of drug-likeness (QED) is 0.250. The van der Waals surface area contributed by atoms with Gasteiger partial charge in [-0.15, -0.1) is 0 Å². The Morgan fingerprint density at radius 3 is 2.30 bits per heavy atom. The highest BCUT2D eigenvalue weighted by Crippen LogP contribution is 2.60. The molecule has 0 radical (unpaired) electrons.